The van der Waals surface area contributed by atoms with Gasteiger partial charge in [0.1, 0.15) is 0 Å². The zero-order chi connectivity index (χ0) is 27.4. The molecule has 3 aliphatic carbocycles. The van der Waals surface area contributed by atoms with Crippen LogP contribution in [-0.2, 0) is 44.3 Å². The Morgan fingerprint density at radius 1 is 1.08 bits per heavy atom. The van der Waals surface area contributed by atoms with Gasteiger partial charge in [-0.25, -0.2) is 13.4 Å². The van der Waals surface area contributed by atoms with Gasteiger partial charge in [-0.15, -0.1) is 0 Å². The Kier molecular flexibility index (Phi) is 6.62. The highest BCUT2D eigenvalue weighted by molar-refractivity contribution is 7.90. The average molecular weight is 550 g/mol. The van der Waals surface area contributed by atoms with Crippen LogP contribution in [0.2, 0.25) is 0 Å². The number of Topliss-reactive ketones (excluding diaryl/α,β-unsaturated/α-hetero) is 1. The summed E-state index contributed by atoms with van der Waals surface area (Å²) in [6, 6.07) is 13.6. The van der Waals surface area contributed by atoms with E-state index in [-0.39, 0.29) is 28.7 Å². The number of ether oxygens (including phenoxy) is 1. The number of hydrogen-bond donors (Lipinski definition) is 1. The number of methoxy groups -OCH3 is 1. The summed E-state index contributed by atoms with van der Waals surface area (Å²) in [7, 11) is -1.56. The Bertz CT molecular complexity index is 1420. The van der Waals surface area contributed by atoms with E-state index in [4.69, 9.17) is 15.5 Å². The monoisotopic (exact) mass is 549 g/mol. The van der Waals surface area contributed by atoms with Gasteiger partial charge in [0, 0.05) is 25.3 Å². The fourth-order valence-corrected chi connectivity index (χ4v) is 7.97. The standard InChI is InChI=1S/C31H39N3O4S/c1-38-25-12-14-30(15-13-25)18-24-11-10-22(9-8-21-6-7-21)17-27(24)31(30)28(35)20-34(29(32)33-31)19-23-4-3-5-26(16-23)39(2,36)37/h3-5,10-11,16-17,21,25H,6-9,12-15,18-20H2,1-2H3,(H2,32,33). The van der Waals surface area contributed by atoms with E-state index in [1.54, 1.807) is 30.2 Å². The summed E-state index contributed by atoms with van der Waals surface area (Å²) in [5, 5.41) is 0. The Balaban J connectivity index is 1.38. The van der Waals surface area contributed by atoms with E-state index >= 15 is 0 Å². The number of ketones is 1. The van der Waals surface area contributed by atoms with Crippen LogP contribution < -0.4 is 5.73 Å². The lowest BCUT2D eigenvalue weighted by molar-refractivity contribution is -0.133. The molecule has 2 saturated carbocycles. The van der Waals surface area contributed by atoms with Crippen molar-refractivity contribution in [2.24, 2.45) is 22.1 Å². The molecule has 2 aromatic rings. The van der Waals surface area contributed by atoms with Gasteiger partial charge in [-0.2, -0.15) is 0 Å². The maximum Gasteiger partial charge on any atom is 0.193 e. The number of aliphatic imine (C=N–C) groups is 1. The average Bonchev–Trinajstić information content (AvgIpc) is 3.71. The Morgan fingerprint density at radius 3 is 2.54 bits per heavy atom. The van der Waals surface area contributed by atoms with Crippen LogP contribution >= 0.6 is 0 Å². The minimum atomic E-state index is -3.34. The molecular formula is C31H39N3O4S. The molecule has 6 rings (SSSR count). The van der Waals surface area contributed by atoms with Gasteiger partial charge >= 0.3 is 0 Å². The number of nitrogens with zero attached hydrogens (tertiary/aromatic N) is 2. The topological polar surface area (TPSA) is 102 Å². The molecule has 8 heteroatoms. The zero-order valence-electron chi connectivity index (χ0n) is 23.0. The number of fused-ring (bicyclic) bond motifs is 3. The van der Waals surface area contributed by atoms with Crippen LogP contribution in [0.1, 0.15) is 67.2 Å². The Labute approximate surface area is 231 Å². The maximum atomic E-state index is 14.4. The van der Waals surface area contributed by atoms with Crippen LogP contribution in [0, 0.1) is 11.3 Å². The van der Waals surface area contributed by atoms with E-state index in [1.807, 2.05) is 6.07 Å². The second-order valence-corrected chi connectivity index (χ2v) is 14.3. The first-order chi connectivity index (χ1) is 18.6. The molecule has 4 aliphatic rings. The van der Waals surface area contributed by atoms with E-state index in [9.17, 15) is 13.2 Å². The molecule has 39 heavy (non-hydrogen) atoms. The van der Waals surface area contributed by atoms with E-state index in [1.165, 1.54) is 36.6 Å². The number of rotatable bonds is 7. The van der Waals surface area contributed by atoms with Gasteiger partial charge in [-0.1, -0.05) is 43.2 Å². The van der Waals surface area contributed by atoms with Crippen molar-refractivity contribution in [1.82, 2.24) is 4.90 Å². The SMILES string of the molecule is COC1CCC2(CC1)Cc1ccc(CCC3CC3)cc1C21N=C(N)N(Cc2cccc(S(C)(=O)=O)c2)CC1=O. The number of hydrogen-bond acceptors (Lipinski definition) is 7. The molecule has 1 atom stereocenters. The van der Waals surface area contributed by atoms with Crippen LogP contribution in [-0.4, -0.2) is 51.1 Å². The van der Waals surface area contributed by atoms with Gasteiger partial charge in [0.15, 0.2) is 27.1 Å². The highest BCUT2D eigenvalue weighted by Crippen LogP contribution is 2.61. The third-order valence-electron chi connectivity index (χ3n) is 9.67. The molecular weight excluding hydrogens is 510 g/mol. The molecule has 2 aromatic carbocycles. The summed E-state index contributed by atoms with van der Waals surface area (Å²) in [5.74, 6) is 1.29. The van der Waals surface area contributed by atoms with Crippen molar-refractivity contribution in [2.75, 3.05) is 19.9 Å². The van der Waals surface area contributed by atoms with Crippen molar-refractivity contribution in [3.05, 3.63) is 64.7 Å². The fourth-order valence-electron chi connectivity index (χ4n) is 7.27. The van der Waals surface area contributed by atoms with Gasteiger partial charge in [0.2, 0.25) is 0 Å². The van der Waals surface area contributed by atoms with Crippen molar-refractivity contribution >= 4 is 21.6 Å². The quantitative estimate of drug-likeness (QED) is 0.557. The largest absolute Gasteiger partial charge is 0.381 e. The summed E-state index contributed by atoms with van der Waals surface area (Å²) in [4.78, 5) is 21.7. The number of nitrogens with two attached hydrogens (primary N) is 1. The van der Waals surface area contributed by atoms with Crippen LogP contribution in [0.15, 0.2) is 52.4 Å². The van der Waals surface area contributed by atoms with E-state index in [2.05, 4.69) is 18.2 Å². The lowest BCUT2D eigenvalue weighted by atomic mass is 9.59. The smallest absolute Gasteiger partial charge is 0.193 e. The van der Waals surface area contributed by atoms with Gasteiger partial charge in [0.05, 0.1) is 17.5 Å². The lowest BCUT2D eigenvalue weighted by Gasteiger charge is -2.49. The Morgan fingerprint density at radius 2 is 1.85 bits per heavy atom. The van der Waals surface area contributed by atoms with Crippen molar-refractivity contribution in [2.45, 2.75) is 80.9 Å². The number of sulfone groups is 1. The molecule has 2 N–H and O–H groups in total. The number of carbonyl (C=O) groups is 1. The van der Waals surface area contributed by atoms with Crippen molar-refractivity contribution in [1.29, 1.82) is 0 Å². The molecule has 0 aromatic heterocycles. The van der Waals surface area contributed by atoms with E-state index < -0.39 is 15.4 Å². The highest BCUT2D eigenvalue weighted by Gasteiger charge is 2.64. The number of guanidine groups is 1. The van der Waals surface area contributed by atoms with Gasteiger partial charge in [0.25, 0.3) is 0 Å². The number of benzene rings is 2. The van der Waals surface area contributed by atoms with Gasteiger partial charge < -0.3 is 15.4 Å². The highest BCUT2D eigenvalue weighted by atomic mass is 32.2. The Hall–Kier alpha value is -2.71. The lowest BCUT2D eigenvalue weighted by Crippen LogP contribution is -2.59. The summed E-state index contributed by atoms with van der Waals surface area (Å²) in [6.07, 6.45) is 10.7. The molecule has 2 spiro atoms. The predicted octanol–water partition coefficient (Wildman–Crippen LogP) is 4.16. The fraction of sp³-hybridized carbons (Fsp3) is 0.548. The second-order valence-electron chi connectivity index (χ2n) is 12.2. The molecule has 0 amide bonds. The first kappa shape index (κ1) is 26.5. The number of carbonyl (C=O) groups excluding carboxylic acids is 1. The molecule has 7 nitrogen and oxygen atoms in total. The molecule has 0 bridgehead atoms. The molecule has 208 valence electrons. The molecule has 1 aliphatic heterocycles. The normalized spacial score (nSPS) is 28.7. The van der Waals surface area contributed by atoms with Gasteiger partial charge in [-0.3, -0.25) is 4.79 Å². The first-order valence-electron chi connectivity index (χ1n) is 14.2. The van der Waals surface area contributed by atoms with Gasteiger partial charge in [-0.05, 0) is 85.3 Å². The minimum Gasteiger partial charge on any atom is -0.381 e. The molecule has 0 radical (unpaired) electrons. The third kappa shape index (κ3) is 4.69. The number of aryl methyl sites for hydroxylation is 1. The second kappa shape index (κ2) is 9.73. The third-order valence-corrected chi connectivity index (χ3v) is 10.8. The molecule has 1 unspecified atom stereocenters. The predicted molar refractivity (Wildman–Crippen MR) is 151 cm³/mol. The zero-order valence-corrected chi connectivity index (χ0v) is 23.8. The van der Waals surface area contributed by atoms with E-state index in [0.717, 1.165) is 55.6 Å². The first-order valence-corrected chi connectivity index (χ1v) is 16.1. The molecule has 1 heterocycles. The summed E-state index contributed by atoms with van der Waals surface area (Å²) < 4.78 is 29.9. The van der Waals surface area contributed by atoms with Crippen LogP contribution in [0.5, 0.6) is 0 Å². The van der Waals surface area contributed by atoms with E-state index in [0.29, 0.717) is 12.5 Å². The minimum absolute atomic E-state index is 0.0879. The van der Waals surface area contributed by atoms with Crippen LogP contribution in [0.4, 0.5) is 0 Å². The summed E-state index contributed by atoms with van der Waals surface area (Å²) in [6.45, 7) is 0.479. The van der Waals surface area contributed by atoms with Crippen LogP contribution in [0.3, 0.4) is 0 Å². The van der Waals surface area contributed by atoms with Crippen molar-refractivity contribution < 1.29 is 17.9 Å². The summed E-state index contributed by atoms with van der Waals surface area (Å²) in [5.41, 5.74) is 9.75. The van der Waals surface area contributed by atoms with Crippen molar-refractivity contribution in [3.8, 4) is 0 Å². The maximum absolute atomic E-state index is 14.4. The summed E-state index contributed by atoms with van der Waals surface area (Å²) >= 11 is 0. The van der Waals surface area contributed by atoms with Crippen LogP contribution in [0.25, 0.3) is 0 Å². The van der Waals surface area contributed by atoms with Crippen molar-refractivity contribution in [3.63, 3.8) is 0 Å². The molecule has 0 saturated heterocycles. The molecule has 2 fully saturated rings.